The Labute approximate surface area is 252 Å². The fraction of sp³-hybridized carbons (Fsp3) is 0.294. The van der Waals surface area contributed by atoms with Crippen LogP contribution in [0.2, 0.25) is 5.02 Å². The zero-order valence-electron chi connectivity index (χ0n) is 23.2. The molecular weight excluding hydrogens is 571 g/mol. The highest BCUT2D eigenvalue weighted by Crippen LogP contribution is 2.64. The number of allylic oxidation sites excluding steroid dienone is 2. The number of fused-ring (bicyclic) bond motifs is 4. The number of halogens is 2. The van der Waals surface area contributed by atoms with Gasteiger partial charge in [-0.05, 0) is 55.5 Å². The number of hydrogen-bond donors (Lipinski definition) is 1. The number of rotatable bonds is 4. The number of anilines is 1. The van der Waals surface area contributed by atoms with Gasteiger partial charge >= 0.3 is 0 Å². The first-order chi connectivity index (χ1) is 20.6. The highest BCUT2D eigenvalue weighted by Gasteiger charge is 2.67. The number of likely N-dealkylation sites (tertiary alicyclic amines) is 1. The molecule has 2 aliphatic carbocycles. The summed E-state index contributed by atoms with van der Waals surface area (Å²) in [4.78, 5) is 58.5. The van der Waals surface area contributed by atoms with Crippen LogP contribution in [0.25, 0.3) is 0 Å². The van der Waals surface area contributed by atoms with Gasteiger partial charge in [-0.15, -0.1) is 0 Å². The van der Waals surface area contributed by atoms with Crippen LogP contribution in [0.15, 0.2) is 84.4 Å². The maximum atomic E-state index is 14.4. The minimum atomic E-state index is -1.32. The average Bonchev–Trinajstić information content (AvgIpc) is 3.35. The third-order valence-corrected chi connectivity index (χ3v) is 10.2. The molecule has 6 atom stereocenters. The Morgan fingerprint density at radius 3 is 2.37 bits per heavy atom. The summed E-state index contributed by atoms with van der Waals surface area (Å²) in [7, 11) is 0. The molecule has 0 aromatic heterocycles. The van der Waals surface area contributed by atoms with Crippen LogP contribution in [0.5, 0.6) is 5.75 Å². The molecule has 0 bridgehead atoms. The normalized spacial score (nSPS) is 29.8. The molecular formula is C34H28ClFN2O5. The van der Waals surface area contributed by atoms with Gasteiger partial charge in [0.1, 0.15) is 11.6 Å². The molecule has 3 aromatic carbocycles. The molecule has 1 saturated carbocycles. The SMILES string of the molecule is CC12C(=O)N(c3ccc(F)c(Cl)c3)C(=O)C1CC1C(=CCC3C(=O)N(Cc4ccccc4)C(=O)C31)C2c1ccccc1O. The fourth-order valence-corrected chi connectivity index (χ4v) is 8.12. The van der Waals surface area contributed by atoms with Crippen LogP contribution in [-0.4, -0.2) is 33.6 Å². The van der Waals surface area contributed by atoms with E-state index in [1.165, 1.54) is 23.1 Å². The van der Waals surface area contributed by atoms with Crippen molar-refractivity contribution in [3.05, 3.63) is 106 Å². The summed E-state index contributed by atoms with van der Waals surface area (Å²) in [5, 5.41) is 10.8. The van der Waals surface area contributed by atoms with E-state index in [-0.39, 0.29) is 41.2 Å². The van der Waals surface area contributed by atoms with E-state index in [0.717, 1.165) is 22.1 Å². The van der Waals surface area contributed by atoms with Gasteiger partial charge < -0.3 is 5.11 Å². The lowest BCUT2D eigenvalue weighted by Gasteiger charge is -2.49. The van der Waals surface area contributed by atoms with E-state index in [2.05, 4.69) is 0 Å². The summed E-state index contributed by atoms with van der Waals surface area (Å²) in [6.45, 7) is 1.89. The first kappa shape index (κ1) is 27.5. The Balaban J connectivity index is 1.34. The number of amides is 4. The van der Waals surface area contributed by atoms with Crippen molar-refractivity contribution >= 4 is 40.9 Å². The Bertz CT molecular complexity index is 1740. The fourth-order valence-electron chi connectivity index (χ4n) is 7.95. The second kappa shape index (κ2) is 9.88. The molecule has 3 aromatic rings. The van der Waals surface area contributed by atoms with Crippen molar-refractivity contribution in [3.63, 3.8) is 0 Å². The van der Waals surface area contributed by atoms with E-state index in [4.69, 9.17) is 11.6 Å². The number of phenolic OH excluding ortho intramolecular Hbond substituents is 1. The van der Waals surface area contributed by atoms with Crippen LogP contribution in [0.1, 0.15) is 36.8 Å². The topological polar surface area (TPSA) is 95.0 Å². The zero-order chi connectivity index (χ0) is 30.2. The number of benzene rings is 3. The first-order valence-corrected chi connectivity index (χ1v) is 14.7. The van der Waals surface area contributed by atoms with Crippen LogP contribution in [-0.2, 0) is 25.7 Å². The summed E-state index contributed by atoms with van der Waals surface area (Å²) in [6, 6.07) is 19.7. The first-order valence-electron chi connectivity index (χ1n) is 14.3. The maximum absolute atomic E-state index is 14.4. The smallest absolute Gasteiger partial charge is 0.241 e. The largest absolute Gasteiger partial charge is 0.508 e. The number of hydrogen-bond acceptors (Lipinski definition) is 5. The maximum Gasteiger partial charge on any atom is 0.241 e. The van der Waals surface area contributed by atoms with Crippen molar-refractivity contribution in [1.29, 1.82) is 0 Å². The van der Waals surface area contributed by atoms with Crippen LogP contribution in [0, 0.1) is 34.9 Å². The van der Waals surface area contributed by atoms with Gasteiger partial charge in [0.2, 0.25) is 23.6 Å². The molecule has 9 heteroatoms. The van der Waals surface area contributed by atoms with Gasteiger partial charge in [-0.2, -0.15) is 0 Å². The molecule has 4 amide bonds. The van der Waals surface area contributed by atoms with Gasteiger partial charge in [0.05, 0.1) is 40.4 Å². The number of imide groups is 2. The average molecular weight is 599 g/mol. The highest BCUT2D eigenvalue weighted by molar-refractivity contribution is 6.31. The van der Waals surface area contributed by atoms with Crippen molar-refractivity contribution in [1.82, 2.24) is 4.90 Å². The second-order valence-electron chi connectivity index (χ2n) is 12.1. The van der Waals surface area contributed by atoms with Crippen LogP contribution in [0.4, 0.5) is 10.1 Å². The van der Waals surface area contributed by atoms with E-state index in [9.17, 15) is 28.7 Å². The minimum Gasteiger partial charge on any atom is -0.508 e. The van der Waals surface area contributed by atoms with E-state index in [1.54, 1.807) is 25.1 Å². The van der Waals surface area contributed by atoms with Crippen LogP contribution >= 0.6 is 11.6 Å². The third-order valence-electron chi connectivity index (χ3n) is 9.96. The number of para-hydroxylation sites is 1. The summed E-state index contributed by atoms with van der Waals surface area (Å²) in [5.41, 5.74) is 0.932. The standard InChI is InChI=1S/C34H28ClFN2O5/c1-34-24(31(41)38(33(34)43)19-11-14-26(36)25(35)15-19)16-23-20(29(34)21-9-5-6-10-27(21)39)12-13-22-28(23)32(42)37(30(22)40)17-18-7-3-2-4-8-18/h2-12,14-15,22-24,28-29,39H,13,16-17H2,1H3. The van der Waals surface area contributed by atoms with Crippen LogP contribution in [0.3, 0.4) is 0 Å². The number of aromatic hydroxyl groups is 1. The summed E-state index contributed by atoms with van der Waals surface area (Å²) >= 11 is 6.04. The van der Waals surface area contributed by atoms with Gasteiger partial charge in [0.25, 0.3) is 0 Å². The highest BCUT2D eigenvalue weighted by atomic mass is 35.5. The number of carbonyl (C=O) groups is 4. The Kier molecular flexibility index (Phi) is 6.32. The molecule has 218 valence electrons. The molecule has 2 saturated heterocycles. The molecule has 0 spiro atoms. The summed E-state index contributed by atoms with van der Waals surface area (Å²) in [5.74, 6) is -5.54. The summed E-state index contributed by atoms with van der Waals surface area (Å²) in [6.07, 6.45) is 2.44. The molecule has 43 heavy (non-hydrogen) atoms. The Morgan fingerprint density at radius 1 is 0.930 bits per heavy atom. The molecule has 2 aliphatic heterocycles. The molecule has 0 radical (unpaired) electrons. The predicted octanol–water partition coefficient (Wildman–Crippen LogP) is 5.62. The lowest BCUT2D eigenvalue weighted by molar-refractivity contribution is -0.141. The van der Waals surface area contributed by atoms with Crippen molar-refractivity contribution in [2.75, 3.05) is 4.90 Å². The van der Waals surface area contributed by atoms with Crippen molar-refractivity contribution < 1.29 is 28.7 Å². The van der Waals surface area contributed by atoms with E-state index >= 15 is 0 Å². The van der Waals surface area contributed by atoms with E-state index in [0.29, 0.717) is 12.0 Å². The molecule has 2 heterocycles. The van der Waals surface area contributed by atoms with Crippen molar-refractivity contribution in [2.45, 2.75) is 32.2 Å². The van der Waals surface area contributed by atoms with Crippen LogP contribution < -0.4 is 4.90 Å². The monoisotopic (exact) mass is 598 g/mol. The quantitative estimate of drug-likeness (QED) is 0.311. The van der Waals surface area contributed by atoms with Crippen molar-refractivity contribution in [3.8, 4) is 5.75 Å². The van der Waals surface area contributed by atoms with Gasteiger partial charge in [-0.3, -0.25) is 24.1 Å². The molecule has 4 aliphatic rings. The molecule has 1 N–H and O–H groups in total. The van der Waals surface area contributed by atoms with Crippen molar-refractivity contribution in [2.24, 2.45) is 29.1 Å². The second-order valence-corrected chi connectivity index (χ2v) is 12.5. The molecule has 3 fully saturated rings. The van der Waals surface area contributed by atoms with Gasteiger partial charge in [0.15, 0.2) is 0 Å². The lowest BCUT2D eigenvalue weighted by atomic mass is 9.51. The van der Waals surface area contributed by atoms with Gasteiger partial charge in [-0.1, -0.05) is 71.8 Å². The van der Waals surface area contributed by atoms with Gasteiger partial charge in [0, 0.05) is 11.5 Å². The van der Waals surface area contributed by atoms with E-state index < -0.39 is 52.6 Å². The molecule has 7 nitrogen and oxygen atoms in total. The predicted molar refractivity (Wildman–Crippen MR) is 156 cm³/mol. The third kappa shape index (κ3) is 3.92. The van der Waals surface area contributed by atoms with E-state index in [1.807, 2.05) is 36.4 Å². The zero-order valence-corrected chi connectivity index (χ0v) is 24.0. The molecule has 6 unspecified atom stereocenters. The number of carbonyl (C=O) groups excluding carboxylic acids is 4. The number of phenols is 1. The minimum absolute atomic E-state index is 0.0285. The lowest BCUT2D eigenvalue weighted by Crippen LogP contribution is -2.48. The number of nitrogens with zero attached hydrogens (tertiary/aromatic N) is 2. The Morgan fingerprint density at radius 2 is 1.65 bits per heavy atom. The molecule has 7 rings (SSSR count). The summed E-state index contributed by atoms with van der Waals surface area (Å²) < 4.78 is 14.0. The van der Waals surface area contributed by atoms with Gasteiger partial charge in [-0.25, -0.2) is 9.29 Å². The Hall–Kier alpha value is -4.30.